The predicted octanol–water partition coefficient (Wildman–Crippen LogP) is 6.04. The van der Waals surface area contributed by atoms with Gasteiger partial charge in [-0.15, -0.1) is 0 Å². The van der Waals surface area contributed by atoms with Crippen LogP contribution in [0.25, 0.3) is 11.1 Å². The maximum absolute atomic E-state index is 13.5. The summed E-state index contributed by atoms with van der Waals surface area (Å²) in [5, 5.41) is 10.3. The van der Waals surface area contributed by atoms with Crippen LogP contribution in [-0.4, -0.2) is 34.7 Å². The summed E-state index contributed by atoms with van der Waals surface area (Å²) in [5.74, 6) is -1.63. The lowest BCUT2D eigenvalue weighted by Crippen LogP contribution is -2.51. The van der Waals surface area contributed by atoms with Crippen molar-refractivity contribution in [3.05, 3.63) is 131 Å². The number of rotatable bonds is 4. The molecule has 1 heterocycles. The summed E-state index contributed by atoms with van der Waals surface area (Å²) >= 11 is 0. The lowest BCUT2D eigenvalue weighted by atomic mass is 9.79. The summed E-state index contributed by atoms with van der Waals surface area (Å²) in [5.41, 5.74) is 7.24. The number of benzene rings is 4. The van der Waals surface area contributed by atoms with Crippen molar-refractivity contribution in [3.8, 4) is 11.1 Å². The second-order valence-corrected chi connectivity index (χ2v) is 9.30. The number of carbonyl (C=O) groups excluding carboxylic acids is 1. The molecular formula is C31H25NO4. The first-order valence-electron chi connectivity index (χ1n) is 12.1. The molecule has 0 saturated heterocycles. The number of amides is 1. The summed E-state index contributed by atoms with van der Waals surface area (Å²) in [6, 6.07) is 32.5. The van der Waals surface area contributed by atoms with Crippen molar-refractivity contribution in [1.82, 2.24) is 4.90 Å². The topological polar surface area (TPSA) is 66.8 Å². The molecule has 2 aliphatic rings. The number of ether oxygens (including phenoxy) is 1. The van der Waals surface area contributed by atoms with Crippen molar-refractivity contribution in [3.63, 3.8) is 0 Å². The molecule has 4 aromatic rings. The highest BCUT2D eigenvalue weighted by molar-refractivity contribution is 5.83. The number of carbonyl (C=O) groups is 2. The van der Waals surface area contributed by atoms with Crippen LogP contribution in [-0.2, 0) is 16.1 Å². The molecule has 0 saturated carbocycles. The lowest BCUT2D eigenvalue weighted by Gasteiger charge is -2.39. The molecule has 0 bridgehead atoms. The molecule has 5 nitrogen and oxygen atoms in total. The van der Waals surface area contributed by atoms with Crippen molar-refractivity contribution >= 4 is 12.1 Å². The van der Waals surface area contributed by atoms with E-state index in [-0.39, 0.29) is 19.1 Å². The Morgan fingerprint density at radius 3 is 1.94 bits per heavy atom. The molecule has 4 aromatic carbocycles. The quantitative estimate of drug-likeness (QED) is 0.391. The van der Waals surface area contributed by atoms with Gasteiger partial charge in [-0.25, -0.2) is 9.59 Å². The maximum atomic E-state index is 13.5. The van der Waals surface area contributed by atoms with E-state index < -0.39 is 24.0 Å². The number of fused-ring (bicyclic) bond motifs is 4. The number of aliphatic carboxylic acids is 1. The number of carboxylic acid groups (broad SMARTS) is 1. The van der Waals surface area contributed by atoms with Crippen molar-refractivity contribution < 1.29 is 19.4 Å². The van der Waals surface area contributed by atoms with Crippen molar-refractivity contribution in [2.75, 3.05) is 6.61 Å². The van der Waals surface area contributed by atoms with E-state index in [0.29, 0.717) is 0 Å². The summed E-state index contributed by atoms with van der Waals surface area (Å²) < 4.78 is 5.88. The van der Waals surface area contributed by atoms with Crippen LogP contribution in [0.2, 0.25) is 0 Å². The van der Waals surface area contributed by atoms with E-state index >= 15 is 0 Å². The van der Waals surface area contributed by atoms with Crippen molar-refractivity contribution in [2.24, 2.45) is 0 Å². The van der Waals surface area contributed by atoms with Crippen LogP contribution in [0.15, 0.2) is 103 Å². The van der Waals surface area contributed by atoms with Crippen molar-refractivity contribution in [1.29, 1.82) is 0 Å². The molecule has 0 fully saturated rings. The van der Waals surface area contributed by atoms with Crippen LogP contribution in [0.1, 0.15) is 39.7 Å². The fourth-order valence-corrected chi connectivity index (χ4v) is 5.77. The van der Waals surface area contributed by atoms with Crippen LogP contribution in [0, 0.1) is 0 Å². The summed E-state index contributed by atoms with van der Waals surface area (Å²) in [4.78, 5) is 27.5. The fraction of sp³-hybridized carbons (Fsp3) is 0.161. The first kappa shape index (κ1) is 22.1. The van der Waals surface area contributed by atoms with Gasteiger partial charge < -0.3 is 9.84 Å². The van der Waals surface area contributed by atoms with Crippen LogP contribution in [0.4, 0.5) is 4.79 Å². The molecule has 1 aliphatic carbocycles. The Morgan fingerprint density at radius 2 is 1.31 bits per heavy atom. The van der Waals surface area contributed by atoms with Crippen LogP contribution < -0.4 is 0 Å². The first-order valence-corrected chi connectivity index (χ1v) is 12.1. The Labute approximate surface area is 209 Å². The van der Waals surface area contributed by atoms with Crippen LogP contribution >= 0.6 is 0 Å². The Bertz CT molecular complexity index is 1400. The molecule has 0 unspecified atom stereocenters. The van der Waals surface area contributed by atoms with Gasteiger partial charge in [0.2, 0.25) is 0 Å². The third-order valence-corrected chi connectivity index (χ3v) is 7.36. The van der Waals surface area contributed by atoms with Gasteiger partial charge in [-0.3, -0.25) is 4.90 Å². The Kier molecular flexibility index (Phi) is 5.53. The number of hydrogen-bond donors (Lipinski definition) is 1. The van der Waals surface area contributed by atoms with Gasteiger partial charge in [-0.1, -0.05) is 103 Å². The molecule has 0 aromatic heterocycles. The Hall–Kier alpha value is -4.38. The van der Waals surface area contributed by atoms with Gasteiger partial charge in [-0.05, 0) is 38.9 Å². The molecule has 1 aliphatic heterocycles. The number of carboxylic acids is 1. The molecule has 1 amide bonds. The van der Waals surface area contributed by atoms with Gasteiger partial charge >= 0.3 is 12.1 Å². The zero-order valence-corrected chi connectivity index (χ0v) is 19.6. The second-order valence-electron chi connectivity index (χ2n) is 9.30. The molecule has 0 radical (unpaired) electrons. The maximum Gasteiger partial charge on any atom is 0.410 e. The average molecular weight is 476 g/mol. The minimum atomic E-state index is -1.07. The van der Waals surface area contributed by atoms with Gasteiger partial charge in [0, 0.05) is 11.8 Å². The minimum absolute atomic E-state index is 0.0911. The van der Waals surface area contributed by atoms with Crippen LogP contribution in [0.3, 0.4) is 0 Å². The smallest absolute Gasteiger partial charge is 0.410 e. The highest BCUT2D eigenvalue weighted by Gasteiger charge is 2.44. The predicted molar refractivity (Wildman–Crippen MR) is 137 cm³/mol. The van der Waals surface area contributed by atoms with Crippen molar-refractivity contribution in [2.45, 2.75) is 24.4 Å². The molecule has 2 atom stereocenters. The van der Waals surface area contributed by atoms with E-state index in [1.807, 2.05) is 78.9 Å². The van der Waals surface area contributed by atoms with E-state index in [1.165, 1.54) is 4.90 Å². The first-order chi connectivity index (χ1) is 17.6. The molecule has 178 valence electrons. The summed E-state index contributed by atoms with van der Waals surface area (Å²) in [6.45, 7) is 0.334. The standard InChI is InChI=1S/C31H25NO4/c33-30(34)29-28(20-10-2-1-3-11-20)22-13-5-4-12-21(22)18-32(29)31(35)36-19-27-25-16-8-6-14-23(25)24-15-7-9-17-26(24)27/h1-17,27-29H,18-19H2,(H,33,34)/t28-,29-/m0/s1. The van der Waals surface area contributed by atoms with Gasteiger partial charge in [0.25, 0.3) is 0 Å². The highest BCUT2D eigenvalue weighted by atomic mass is 16.6. The van der Waals surface area contributed by atoms with E-state index in [9.17, 15) is 14.7 Å². The normalized spacial score (nSPS) is 18.2. The Balaban J connectivity index is 1.32. The molecule has 36 heavy (non-hydrogen) atoms. The number of hydrogen-bond acceptors (Lipinski definition) is 3. The van der Waals surface area contributed by atoms with Gasteiger partial charge in [0.15, 0.2) is 0 Å². The molecule has 6 rings (SSSR count). The Morgan fingerprint density at radius 1 is 0.750 bits per heavy atom. The zero-order valence-electron chi connectivity index (χ0n) is 19.6. The third kappa shape index (κ3) is 3.64. The third-order valence-electron chi connectivity index (χ3n) is 7.36. The number of nitrogens with zero attached hydrogens (tertiary/aromatic N) is 1. The van der Waals surface area contributed by atoms with E-state index in [2.05, 4.69) is 24.3 Å². The van der Waals surface area contributed by atoms with Gasteiger partial charge in [0.05, 0.1) is 6.54 Å². The molecule has 0 spiro atoms. The fourth-order valence-electron chi connectivity index (χ4n) is 5.77. The van der Waals surface area contributed by atoms with E-state index in [1.54, 1.807) is 0 Å². The summed E-state index contributed by atoms with van der Waals surface area (Å²) in [6.07, 6.45) is -0.611. The average Bonchev–Trinajstić information content (AvgIpc) is 3.24. The largest absolute Gasteiger partial charge is 0.480 e. The second kappa shape index (κ2) is 9.00. The van der Waals surface area contributed by atoms with E-state index in [4.69, 9.17) is 4.74 Å². The van der Waals surface area contributed by atoms with Gasteiger partial charge in [0.1, 0.15) is 12.6 Å². The molecular weight excluding hydrogens is 450 g/mol. The van der Waals surface area contributed by atoms with Gasteiger partial charge in [-0.2, -0.15) is 0 Å². The molecule has 5 heteroatoms. The minimum Gasteiger partial charge on any atom is -0.480 e. The van der Waals surface area contributed by atoms with E-state index in [0.717, 1.165) is 38.9 Å². The highest BCUT2D eigenvalue weighted by Crippen LogP contribution is 2.45. The lowest BCUT2D eigenvalue weighted by molar-refractivity contribution is -0.144. The zero-order chi connectivity index (χ0) is 24.6. The SMILES string of the molecule is O=C(O)[C@@H]1[C@@H](c2ccccc2)c2ccccc2CN1C(=O)OCC1c2ccccc2-c2ccccc21. The van der Waals surface area contributed by atoms with Crippen LogP contribution in [0.5, 0.6) is 0 Å². The monoisotopic (exact) mass is 475 g/mol. The summed E-state index contributed by atoms with van der Waals surface area (Å²) in [7, 11) is 0. The molecule has 1 N–H and O–H groups in total.